The zero-order valence-electron chi connectivity index (χ0n) is 12.0. The summed E-state index contributed by atoms with van der Waals surface area (Å²) in [6.07, 6.45) is -0.252. The number of nitrogens with one attached hydrogen (secondary N) is 2. The van der Waals surface area contributed by atoms with Gasteiger partial charge in [-0.25, -0.2) is 0 Å². The molecular weight excluding hydrogens is 270 g/mol. The molecule has 2 N–H and O–H groups in total. The van der Waals surface area contributed by atoms with Crippen LogP contribution >= 0.6 is 0 Å². The Morgan fingerprint density at radius 3 is 2.48 bits per heavy atom. The lowest BCUT2D eigenvalue weighted by Gasteiger charge is -2.05. The molecule has 0 atom stereocenters. The van der Waals surface area contributed by atoms with Crippen LogP contribution in [0.15, 0.2) is 34.9 Å². The molecule has 6 nitrogen and oxygen atoms in total. The van der Waals surface area contributed by atoms with Crippen LogP contribution in [0.2, 0.25) is 0 Å². The molecule has 0 aliphatic rings. The summed E-state index contributed by atoms with van der Waals surface area (Å²) < 4.78 is 4.82. The molecule has 21 heavy (non-hydrogen) atoms. The first-order chi connectivity index (χ1) is 10.0. The Hall–Kier alpha value is -2.63. The number of carbonyl (C=O) groups excluding carboxylic acids is 2. The van der Waals surface area contributed by atoms with Crippen molar-refractivity contribution in [1.29, 1.82) is 0 Å². The Balaban J connectivity index is 1.76. The Morgan fingerprint density at radius 2 is 1.86 bits per heavy atom. The van der Waals surface area contributed by atoms with Gasteiger partial charge in [0.15, 0.2) is 5.82 Å². The lowest BCUT2D eigenvalue weighted by atomic mass is 10.1. The van der Waals surface area contributed by atoms with Gasteiger partial charge in [0, 0.05) is 12.6 Å². The molecule has 1 aromatic heterocycles. The molecule has 0 aliphatic heterocycles. The summed E-state index contributed by atoms with van der Waals surface area (Å²) in [7, 11) is 0. The first-order valence-corrected chi connectivity index (χ1v) is 6.58. The maximum atomic E-state index is 11.7. The molecule has 0 fully saturated rings. The second-order valence-electron chi connectivity index (χ2n) is 4.81. The normalized spacial score (nSPS) is 10.2. The van der Waals surface area contributed by atoms with Gasteiger partial charge in [-0.15, -0.1) is 0 Å². The summed E-state index contributed by atoms with van der Waals surface area (Å²) in [5, 5.41) is 8.82. The second kappa shape index (κ2) is 6.69. The van der Waals surface area contributed by atoms with Gasteiger partial charge in [-0.05, 0) is 19.4 Å². The van der Waals surface area contributed by atoms with E-state index >= 15 is 0 Å². The van der Waals surface area contributed by atoms with E-state index in [0.29, 0.717) is 18.1 Å². The molecule has 110 valence electrons. The number of hydrogen-bond donors (Lipinski definition) is 2. The van der Waals surface area contributed by atoms with E-state index in [2.05, 4.69) is 15.8 Å². The van der Waals surface area contributed by atoms with E-state index in [1.165, 1.54) is 0 Å². The van der Waals surface area contributed by atoms with Crippen LogP contribution in [0, 0.1) is 13.8 Å². The first kappa shape index (κ1) is 14.8. The molecule has 2 amide bonds. The van der Waals surface area contributed by atoms with Crippen molar-refractivity contribution < 1.29 is 14.1 Å². The summed E-state index contributed by atoms with van der Waals surface area (Å²) in [5.74, 6) is 0.135. The van der Waals surface area contributed by atoms with E-state index < -0.39 is 5.91 Å². The van der Waals surface area contributed by atoms with Crippen LogP contribution in [0.1, 0.15) is 23.3 Å². The lowest BCUT2D eigenvalue weighted by Crippen LogP contribution is -2.27. The predicted octanol–water partition coefficient (Wildman–Crippen LogP) is 1.94. The fourth-order valence-corrected chi connectivity index (χ4v) is 1.73. The van der Waals surface area contributed by atoms with Gasteiger partial charge in [0.2, 0.25) is 11.8 Å². The minimum Gasteiger partial charge on any atom is -0.360 e. The van der Waals surface area contributed by atoms with Gasteiger partial charge in [-0.2, -0.15) is 0 Å². The van der Waals surface area contributed by atoms with Crippen molar-refractivity contribution in [2.75, 3.05) is 5.32 Å². The van der Waals surface area contributed by atoms with Crippen molar-refractivity contribution >= 4 is 17.6 Å². The standard InChI is InChI=1S/C15H17N3O3/c1-10-3-5-12(6-4-10)9-16-14(19)8-15(20)17-13-7-11(2)21-18-13/h3-7H,8-9H2,1-2H3,(H,16,19)(H,17,18,20). The monoisotopic (exact) mass is 287 g/mol. The number of benzene rings is 1. The topological polar surface area (TPSA) is 84.2 Å². The zero-order valence-corrected chi connectivity index (χ0v) is 12.0. The predicted molar refractivity (Wildman–Crippen MR) is 77.5 cm³/mol. The first-order valence-electron chi connectivity index (χ1n) is 6.58. The van der Waals surface area contributed by atoms with E-state index in [0.717, 1.165) is 11.1 Å². The lowest BCUT2D eigenvalue weighted by molar-refractivity contribution is -0.126. The van der Waals surface area contributed by atoms with E-state index in [4.69, 9.17) is 4.52 Å². The number of carbonyl (C=O) groups is 2. The smallest absolute Gasteiger partial charge is 0.235 e. The molecule has 6 heteroatoms. The zero-order chi connectivity index (χ0) is 15.2. The second-order valence-corrected chi connectivity index (χ2v) is 4.81. The third-order valence-corrected chi connectivity index (χ3v) is 2.83. The third kappa shape index (κ3) is 4.76. The van der Waals surface area contributed by atoms with E-state index in [1.54, 1.807) is 13.0 Å². The Kier molecular flexibility index (Phi) is 4.71. The quantitative estimate of drug-likeness (QED) is 0.823. The Morgan fingerprint density at radius 1 is 1.14 bits per heavy atom. The van der Waals surface area contributed by atoms with Crippen molar-refractivity contribution in [2.24, 2.45) is 0 Å². The number of hydrogen-bond acceptors (Lipinski definition) is 4. The van der Waals surface area contributed by atoms with Crippen molar-refractivity contribution in [2.45, 2.75) is 26.8 Å². The largest absolute Gasteiger partial charge is 0.360 e. The van der Waals surface area contributed by atoms with Crippen molar-refractivity contribution in [3.05, 3.63) is 47.2 Å². The molecule has 0 unspecified atom stereocenters. The van der Waals surface area contributed by atoms with Crippen LogP contribution in [-0.4, -0.2) is 17.0 Å². The van der Waals surface area contributed by atoms with Gasteiger partial charge < -0.3 is 15.2 Å². The van der Waals surface area contributed by atoms with Crippen LogP contribution in [-0.2, 0) is 16.1 Å². The molecular formula is C15H17N3O3. The molecule has 0 spiro atoms. The molecule has 0 bridgehead atoms. The van der Waals surface area contributed by atoms with Gasteiger partial charge in [-0.1, -0.05) is 35.0 Å². The average Bonchev–Trinajstić information content (AvgIpc) is 2.83. The molecule has 1 aromatic carbocycles. The Labute approximate surface area is 122 Å². The summed E-state index contributed by atoms with van der Waals surface area (Å²) in [4.78, 5) is 23.3. The highest BCUT2D eigenvalue weighted by Gasteiger charge is 2.11. The number of amides is 2. The average molecular weight is 287 g/mol. The number of rotatable bonds is 5. The van der Waals surface area contributed by atoms with Crippen molar-refractivity contribution in [1.82, 2.24) is 10.5 Å². The van der Waals surface area contributed by atoms with E-state index in [9.17, 15) is 9.59 Å². The maximum absolute atomic E-state index is 11.7. The van der Waals surface area contributed by atoms with Gasteiger partial charge >= 0.3 is 0 Å². The summed E-state index contributed by atoms with van der Waals surface area (Å²) >= 11 is 0. The van der Waals surface area contributed by atoms with Crippen molar-refractivity contribution in [3.8, 4) is 0 Å². The molecule has 0 saturated heterocycles. The summed E-state index contributed by atoms with van der Waals surface area (Å²) in [6.45, 7) is 4.12. The third-order valence-electron chi connectivity index (χ3n) is 2.83. The minimum absolute atomic E-state index is 0.252. The van der Waals surface area contributed by atoms with Crippen LogP contribution in [0.25, 0.3) is 0 Å². The number of aromatic nitrogens is 1. The van der Waals surface area contributed by atoms with Crippen molar-refractivity contribution in [3.63, 3.8) is 0 Å². The SMILES string of the molecule is Cc1ccc(CNC(=O)CC(=O)Nc2cc(C)on2)cc1. The number of anilines is 1. The molecule has 1 heterocycles. The number of aryl methyl sites for hydroxylation is 2. The number of nitrogens with zero attached hydrogens (tertiary/aromatic N) is 1. The van der Waals surface area contributed by atoms with Gasteiger partial charge in [0.1, 0.15) is 12.2 Å². The van der Waals surface area contributed by atoms with Gasteiger partial charge in [0.05, 0.1) is 0 Å². The fraction of sp³-hybridized carbons (Fsp3) is 0.267. The van der Waals surface area contributed by atoms with Gasteiger partial charge in [0.25, 0.3) is 0 Å². The van der Waals surface area contributed by atoms with Crippen LogP contribution < -0.4 is 10.6 Å². The Bertz CT molecular complexity index is 632. The molecule has 0 radical (unpaired) electrons. The molecule has 0 aliphatic carbocycles. The van der Waals surface area contributed by atoms with Gasteiger partial charge in [-0.3, -0.25) is 9.59 Å². The molecule has 0 saturated carbocycles. The van der Waals surface area contributed by atoms with Crippen LogP contribution in [0.4, 0.5) is 5.82 Å². The van der Waals surface area contributed by atoms with Crippen LogP contribution in [0.3, 0.4) is 0 Å². The van der Waals surface area contributed by atoms with E-state index in [1.807, 2.05) is 31.2 Å². The summed E-state index contributed by atoms with van der Waals surface area (Å²) in [6, 6.07) is 9.41. The van der Waals surface area contributed by atoms with Crippen LogP contribution in [0.5, 0.6) is 0 Å². The highest BCUT2D eigenvalue weighted by Crippen LogP contribution is 2.07. The minimum atomic E-state index is -0.426. The highest BCUT2D eigenvalue weighted by molar-refractivity contribution is 6.03. The highest BCUT2D eigenvalue weighted by atomic mass is 16.5. The maximum Gasteiger partial charge on any atom is 0.235 e. The molecule has 2 rings (SSSR count). The fourth-order valence-electron chi connectivity index (χ4n) is 1.73. The molecule has 2 aromatic rings. The summed E-state index contributed by atoms with van der Waals surface area (Å²) in [5.41, 5.74) is 2.15. The van der Waals surface area contributed by atoms with E-state index in [-0.39, 0.29) is 12.3 Å².